The molecule has 1 aromatic carbocycles. The van der Waals surface area contributed by atoms with Crippen LogP contribution in [0.4, 0.5) is 0 Å². The summed E-state index contributed by atoms with van der Waals surface area (Å²) in [5.41, 5.74) is 6.33. The van der Waals surface area contributed by atoms with Crippen molar-refractivity contribution >= 4 is 15.9 Å². The van der Waals surface area contributed by atoms with Gasteiger partial charge in [0, 0.05) is 11.1 Å². The summed E-state index contributed by atoms with van der Waals surface area (Å²) in [4.78, 5) is 0. The fourth-order valence-electron chi connectivity index (χ4n) is 1.37. The van der Waals surface area contributed by atoms with E-state index in [1.807, 2.05) is 13.8 Å². The molecule has 0 fully saturated rings. The smallest absolute Gasteiger partial charge is 0.133 e. The highest BCUT2D eigenvalue weighted by Crippen LogP contribution is 2.36. The number of hydrogen-bond acceptors (Lipinski definition) is 3. The zero-order chi connectivity index (χ0) is 11.6. The van der Waals surface area contributed by atoms with E-state index in [4.69, 9.17) is 10.5 Å². The highest BCUT2D eigenvalue weighted by molar-refractivity contribution is 9.10. The average Bonchev–Trinajstić information content (AvgIpc) is 2.11. The van der Waals surface area contributed by atoms with E-state index in [9.17, 15) is 5.11 Å². The van der Waals surface area contributed by atoms with Gasteiger partial charge in [-0.15, -0.1) is 0 Å². The molecule has 0 atom stereocenters. The number of phenolic OH excluding ortho intramolecular Hbond substituents is 1. The number of phenols is 1. The summed E-state index contributed by atoms with van der Waals surface area (Å²) in [6, 6.07) is 3.33. The molecule has 15 heavy (non-hydrogen) atoms. The van der Waals surface area contributed by atoms with E-state index in [0.717, 1.165) is 10.0 Å². The molecular weight excluding hydrogens is 258 g/mol. The van der Waals surface area contributed by atoms with Gasteiger partial charge in [-0.05, 0) is 48.3 Å². The minimum atomic E-state index is -0.369. The lowest BCUT2D eigenvalue weighted by Crippen LogP contribution is -2.34. The summed E-state index contributed by atoms with van der Waals surface area (Å²) >= 11 is 3.40. The second-order valence-electron chi connectivity index (χ2n) is 4.24. The molecule has 3 nitrogen and oxygen atoms in total. The van der Waals surface area contributed by atoms with Gasteiger partial charge in [-0.2, -0.15) is 0 Å². The van der Waals surface area contributed by atoms with Gasteiger partial charge >= 0.3 is 0 Å². The number of methoxy groups -OCH3 is 1. The monoisotopic (exact) mass is 273 g/mol. The number of rotatable bonds is 3. The largest absolute Gasteiger partial charge is 0.508 e. The fraction of sp³-hybridized carbons (Fsp3) is 0.455. The van der Waals surface area contributed by atoms with Gasteiger partial charge in [-0.3, -0.25) is 0 Å². The van der Waals surface area contributed by atoms with Crippen molar-refractivity contribution in [1.29, 1.82) is 0 Å². The average molecular weight is 274 g/mol. The molecule has 0 radical (unpaired) electrons. The molecular formula is C11H16BrNO2. The van der Waals surface area contributed by atoms with Gasteiger partial charge in [-0.1, -0.05) is 0 Å². The van der Waals surface area contributed by atoms with Crippen molar-refractivity contribution in [2.45, 2.75) is 25.8 Å². The third-order valence-corrected chi connectivity index (χ3v) is 2.90. The number of ether oxygens (including phenoxy) is 1. The predicted molar refractivity (Wildman–Crippen MR) is 64.3 cm³/mol. The number of benzene rings is 1. The summed E-state index contributed by atoms with van der Waals surface area (Å²) in [6.07, 6.45) is 0.580. The molecule has 0 heterocycles. The summed E-state index contributed by atoms with van der Waals surface area (Å²) in [7, 11) is 1.59. The minimum Gasteiger partial charge on any atom is -0.508 e. The van der Waals surface area contributed by atoms with Crippen molar-refractivity contribution in [2.24, 2.45) is 5.73 Å². The fourth-order valence-corrected chi connectivity index (χ4v) is 2.01. The third-order valence-electron chi connectivity index (χ3n) is 2.04. The Kier molecular flexibility index (Phi) is 3.62. The molecule has 0 aliphatic heterocycles. The van der Waals surface area contributed by atoms with Crippen LogP contribution in [0.1, 0.15) is 19.4 Å². The van der Waals surface area contributed by atoms with Crippen LogP contribution >= 0.6 is 15.9 Å². The molecule has 0 spiro atoms. The highest BCUT2D eigenvalue weighted by Gasteiger charge is 2.19. The molecule has 1 aromatic rings. The first kappa shape index (κ1) is 12.3. The molecule has 0 aromatic heterocycles. The molecule has 0 saturated carbocycles. The summed E-state index contributed by atoms with van der Waals surface area (Å²) < 4.78 is 5.92. The number of nitrogens with two attached hydrogens (primary N) is 1. The quantitative estimate of drug-likeness (QED) is 0.890. The van der Waals surface area contributed by atoms with E-state index in [1.165, 1.54) is 0 Å². The lowest BCUT2D eigenvalue weighted by molar-refractivity contribution is 0.404. The van der Waals surface area contributed by atoms with Crippen molar-refractivity contribution in [3.05, 3.63) is 22.2 Å². The second kappa shape index (κ2) is 4.41. The van der Waals surface area contributed by atoms with E-state index in [2.05, 4.69) is 15.9 Å². The van der Waals surface area contributed by atoms with Crippen LogP contribution in [0, 0.1) is 0 Å². The van der Waals surface area contributed by atoms with Crippen LogP contribution < -0.4 is 10.5 Å². The Bertz CT molecular complexity index is 358. The summed E-state index contributed by atoms with van der Waals surface area (Å²) in [6.45, 7) is 3.83. The lowest BCUT2D eigenvalue weighted by atomic mass is 9.95. The van der Waals surface area contributed by atoms with Gasteiger partial charge in [-0.25, -0.2) is 0 Å². The van der Waals surface area contributed by atoms with Crippen LogP contribution in [0.2, 0.25) is 0 Å². The zero-order valence-corrected chi connectivity index (χ0v) is 10.8. The Labute approximate surface area is 98.4 Å². The standard InChI is InChI=1S/C11H16BrNO2/c1-11(2,13)6-7-8(14)4-5-9(15-3)10(7)12/h4-5,14H,6,13H2,1-3H3. The molecule has 0 amide bonds. The first-order chi connectivity index (χ1) is 6.85. The Balaban J connectivity index is 3.15. The van der Waals surface area contributed by atoms with E-state index < -0.39 is 0 Å². The van der Waals surface area contributed by atoms with Crippen molar-refractivity contribution < 1.29 is 9.84 Å². The Hall–Kier alpha value is -0.740. The molecule has 1 rings (SSSR count). The molecule has 0 aliphatic carbocycles. The second-order valence-corrected chi connectivity index (χ2v) is 5.04. The van der Waals surface area contributed by atoms with E-state index >= 15 is 0 Å². The van der Waals surface area contributed by atoms with Crippen molar-refractivity contribution in [1.82, 2.24) is 0 Å². The highest BCUT2D eigenvalue weighted by atomic mass is 79.9. The van der Waals surface area contributed by atoms with Crippen LogP contribution in [0.25, 0.3) is 0 Å². The summed E-state index contributed by atoms with van der Waals surface area (Å²) in [5, 5.41) is 9.73. The predicted octanol–water partition coefficient (Wildman–Crippen LogP) is 2.44. The number of aromatic hydroxyl groups is 1. The molecule has 0 unspecified atom stereocenters. The van der Waals surface area contributed by atoms with Crippen LogP contribution in [-0.2, 0) is 6.42 Å². The number of hydrogen-bond donors (Lipinski definition) is 2. The molecule has 3 N–H and O–H groups in total. The maximum Gasteiger partial charge on any atom is 0.133 e. The van der Waals surface area contributed by atoms with Gasteiger partial charge in [0.25, 0.3) is 0 Å². The Morgan fingerprint density at radius 2 is 2.07 bits per heavy atom. The van der Waals surface area contributed by atoms with Crippen LogP contribution in [0.15, 0.2) is 16.6 Å². The Morgan fingerprint density at radius 3 is 2.53 bits per heavy atom. The third kappa shape index (κ3) is 3.11. The maximum atomic E-state index is 9.73. The molecule has 0 bridgehead atoms. The van der Waals surface area contributed by atoms with Crippen molar-refractivity contribution in [2.75, 3.05) is 7.11 Å². The zero-order valence-electron chi connectivity index (χ0n) is 9.17. The Morgan fingerprint density at radius 1 is 1.47 bits per heavy atom. The van der Waals surface area contributed by atoms with Crippen LogP contribution in [0.3, 0.4) is 0 Å². The van der Waals surface area contributed by atoms with Gasteiger partial charge < -0.3 is 15.6 Å². The minimum absolute atomic E-state index is 0.237. The number of halogens is 1. The molecule has 0 aliphatic rings. The van der Waals surface area contributed by atoms with Gasteiger partial charge in [0.05, 0.1) is 11.6 Å². The summed E-state index contributed by atoms with van der Waals surface area (Å²) in [5.74, 6) is 0.938. The van der Waals surface area contributed by atoms with Crippen LogP contribution in [0.5, 0.6) is 11.5 Å². The first-order valence-electron chi connectivity index (χ1n) is 4.68. The van der Waals surface area contributed by atoms with Gasteiger partial charge in [0.15, 0.2) is 0 Å². The van der Waals surface area contributed by atoms with E-state index in [1.54, 1.807) is 19.2 Å². The van der Waals surface area contributed by atoms with Crippen LogP contribution in [-0.4, -0.2) is 17.8 Å². The molecule has 84 valence electrons. The SMILES string of the molecule is COc1ccc(O)c(CC(C)(C)N)c1Br. The van der Waals surface area contributed by atoms with E-state index in [-0.39, 0.29) is 11.3 Å². The molecule has 0 saturated heterocycles. The lowest BCUT2D eigenvalue weighted by Gasteiger charge is -2.20. The topological polar surface area (TPSA) is 55.5 Å². The van der Waals surface area contributed by atoms with Gasteiger partial charge in [0.1, 0.15) is 11.5 Å². The van der Waals surface area contributed by atoms with Crippen molar-refractivity contribution in [3.8, 4) is 11.5 Å². The maximum absolute atomic E-state index is 9.73. The van der Waals surface area contributed by atoms with E-state index in [0.29, 0.717) is 12.2 Å². The normalized spacial score (nSPS) is 11.5. The van der Waals surface area contributed by atoms with Crippen molar-refractivity contribution in [3.63, 3.8) is 0 Å². The first-order valence-corrected chi connectivity index (χ1v) is 5.47. The van der Waals surface area contributed by atoms with Gasteiger partial charge in [0.2, 0.25) is 0 Å². The molecule has 4 heteroatoms.